The normalized spacial score (nSPS) is 23.9. The third kappa shape index (κ3) is 2.52. The number of nitrogens with one attached hydrogen (secondary N) is 1. The van der Waals surface area contributed by atoms with Gasteiger partial charge in [0.05, 0.1) is 4.92 Å². The predicted octanol–water partition coefficient (Wildman–Crippen LogP) is 1.97. The van der Waals surface area contributed by atoms with Gasteiger partial charge in [-0.05, 0) is 11.8 Å². The third-order valence-corrected chi connectivity index (χ3v) is 7.09. The molecule has 0 bridgehead atoms. The number of nitro groups is 1. The molecule has 9 heteroatoms. The SMILES string of the molecule is CNc1sc(S(=O)(=O)N2CC(C)C(C)C2)cc1[N+](=O)[O-]. The zero-order valence-electron chi connectivity index (χ0n) is 11.5. The summed E-state index contributed by atoms with van der Waals surface area (Å²) in [5.74, 6) is 0.590. The highest BCUT2D eigenvalue weighted by Crippen LogP contribution is 2.39. The summed E-state index contributed by atoms with van der Waals surface area (Å²) >= 11 is 0.902. The fourth-order valence-corrected chi connectivity index (χ4v) is 5.28. The monoisotopic (exact) mass is 319 g/mol. The van der Waals surface area contributed by atoms with E-state index in [1.54, 1.807) is 0 Å². The smallest absolute Gasteiger partial charge is 0.304 e. The van der Waals surface area contributed by atoms with E-state index < -0.39 is 14.9 Å². The van der Waals surface area contributed by atoms with E-state index in [1.165, 1.54) is 11.4 Å². The van der Waals surface area contributed by atoms with Gasteiger partial charge in [0.1, 0.15) is 4.21 Å². The number of sulfonamides is 1. The zero-order chi connectivity index (χ0) is 15.1. The van der Waals surface area contributed by atoms with Crippen LogP contribution in [0.3, 0.4) is 0 Å². The number of hydrogen-bond acceptors (Lipinski definition) is 6. The van der Waals surface area contributed by atoms with Gasteiger partial charge in [-0.2, -0.15) is 4.31 Å². The Morgan fingerprint density at radius 1 is 1.40 bits per heavy atom. The number of thiophene rings is 1. The summed E-state index contributed by atoms with van der Waals surface area (Å²) in [5, 5.41) is 13.8. The first kappa shape index (κ1) is 15.2. The van der Waals surface area contributed by atoms with Crippen molar-refractivity contribution in [2.75, 3.05) is 25.5 Å². The van der Waals surface area contributed by atoms with Crippen molar-refractivity contribution in [1.82, 2.24) is 4.31 Å². The van der Waals surface area contributed by atoms with Crippen LogP contribution < -0.4 is 5.32 Å². The van der Waals surface area contributed by atoms with Crippen molar-refractivity contribution in [1.29, 1.82) is 0 Å². The molecule has 0 aliphatic carbocycles. The molecule has 2 atom stereocenters. The Bertz CT molecular complexity index is 616. The van der Waals surface area contributed by atoms with E-state index in [0.717, 1.165) is 17.4 Å². The van der Waals surface area contributed by atoms with E-state index in [4.69, 9.17) is 0 Å². The van der Waals surface area contributed by atoms with Crippen molar-refractivity contribution in [3.8, 4) is 0 Å². The second-order valence-corrected chi connectivity index (χ2v) is 8.28. The molecule has 1 aromatic heterocycles. The van der Waals surface area contributed by atoms with Gasteiger partial charge in [0, 0.05) is 26.2 Å². The number of nitrogens with zero attached hydrogens (tertiary/aromatic N) is 2. The molecule has 2 heterocycles. The van der Waals surface area contributed by atoms with Gasteiger partial charge in [0.2, 0.25) is 0 Å². The van der Waals surface area contributed by atoms with E-state index in [1.807, 2.05) is 13.8 Å². The lowest BCUT2D eigenvalue weighted by molar-refractivity contribution is -0.383. The van der Waals surface area contributed by atoms with Crippen LogP contribution in [0.1, 0.15) is 13.8 Å². The minimum absolute atomic E-state index is 0.0230. The van der Waals surface area contributed by atoms with Gasteiger partial charge in [-0.1, -0.05) is 25.2 Å². The summed E-state index contributed by atoms with van der Waals surface area (Å²) in [6.07, 6.45) is 0. The summed E-state index contributed by atoms with van der Waals surface area (Å²) in [7, 11) is -2.11. The van der Waals surface area contributed by atoms with Gasteiger partial charge < -0.3 is 5.32 Å². The highest BCUT2D eigenvalue weighted by atomic mass is 32.2. The lowest BCUT2D eigenvalue weighted by Crippen LogP contribution is -2.28. The van der Waals surface area contributed by atoms with Gasteiger partial charge in [-0.25, -0.2) is 8.42 Å². The minimum atomic E-state index is -3.64. The second kappa shape index (κ2) is 5.30. The van der Waals surface area contributed by atoms with Crippen molar-refractivity contribution >= 4 is 32.0 Å². The van der Waals surface area contributed by atoms with Gasteiger partial charge in [-0.15, -0.1) is 0 Å². The maximum atomic E-state index is 12.5. The first-order chi connectivity index (χ1) is 9.27. The zero-order valence-corrected chi connectivity index (χ0v) is 13.1. The summed E-state index contributed by atoms with van der Waals surface area (Å²) in [6, 6.07) is 1.14. The number of rotatable bonds is 4. The summed E-state index contributed by atoms with van der Waals surface area (Å²) < 4.78 is 26.5. The molecule has 1 saturated heterocycles. The summed E-state index contributed by atoms with van der Waals surface area (Å²) in [4.78, 5) is 10.3. The maximum absolute atomic E-state index is 12.5. The van der Waals surface area contributed by atoms with Gasteiger partial charge >= 0.3 is 5.69 Å². The van der Waals surface area contributed by atoms with Crippen LogP contribution >= 0.6 is 11.3 Å². The van der Waals surface area contributed by atoms with Crippen molar-refractivity contribution in [2.45, 2.75) is 18.1 Å². The molecule has 2 unspecified atom stereocenters. The standard InChI is InChI=1S/C11H17N3O4S2/c1-7-5-13(6-8(7)2)20(17,18)10-4-9(14(15)16)11(12-3)19-10/h4,7-8,12H,5-6H2,1-3H3. The molecule has 0 aromatic carbocycles. The van der Waals surface area contributed by atoms with Crippen LogP contribution in [-0.4, -0.2) is 37.8 Å². The molecular weight excluding hydrogens is 302 g/mol. The minimum Gasteiger partial charge on any atom is -0.374 e. The van der Waals surface area contributed by atoms with Crippen molar-refractivity contribution < 1.29 is 13.3 Å². The fourth-order valence-electron chi connectivity index (χ4n) is 2.20. The largest absolute Gasteiger partial charge is 0.374 e. The summed E-state index contributed by atoms with van der Waals surface area (Å²) in [6.45, 7) is 4.94. The molecule has 0 amide bonds. The van der Waals surface area contributed by atoms with Crippen molar-refractivity contribution in [3.05, 3.63) is 16.2 Å². The Morgan fingerprint density at radius 3 is 2.35 bits per heavy atom. The van der Waals surface area contributed by atoms with Crippen LogP contribution in [0, 0.1) is 22.0 Å². The maximum Gasteiger partial charge on any atom is 0.304 e. The number of hydrogen-bond donors (Lipinski definition) is 1. The van der Waals surface area contributed by atoms with Gasteiger partial charge in [0.25, 0.3) is 10.0 Å². The Morgan fingerprint density at radius 2 is 1.95 bits per heavy atom. The predicted molar refractivity (Wildman–Crippen MR) is 77.6 cm³/mol. The molecular formula is C11H17N3O4S2. The van der Waals surface area contributed by atoms with E-state index in [0.29, 0.717) is 24.9 Å². The summed E-state index contributed by atoms with van der Waals surface area (Å²) in [5.41, 5.74) is -0.198. The molecule has 1 fully saturated rings. The van der Waals surface area contributed by atoms with Crippen molar-refractivity contribution in [3.63, 3.8) is 0 Å². The molecule has 112 valence electrons. The molecule has 1 N–H and O–H groups in total. The lowest BCUT2D eigenvalue weighted by Gasteiger charge is -2.14. The van der Waals surface area contributed by atoms with Crippen molar-refractivity contribution in [2.24, 2.45) is 11.8 Å². The van der Waals surface area contributed by atoms with Gasteiger partial charge in [0.15, 0.2) is 5.00 Å². The Hall–Kier alpha value is -1.19. The molecule has 1 aliphatic heterocycles. The van der Waals surface area contributed by atoms with E-state index in [2.05, 4.69) is 5.32 Å². The first-order valence-corrected chi connectivity index (χ1v) is 8.49. The van der Waals surface area contributed by atoms with Crippen LogP contribution in [0.15, 0.2) is 10.3 Å². The van der Waals surface area contributed by atoms with Crippen LogP contribution in [0.5, 0.6) is 0 Å². The van der Waals surface area contributed by atoms with Crippen LogP contribution in [0.25, 0.3) is 0 Å². The molecule has 0 spiro atoms. The molecule has 1 aliphatic rings. The van der Waals surface area contributed by atoms with Gasteiger partial charge in [-0.3, -0.25) is 10.1 Å². The molecule has 2 rings (SSSR count). The molecule has 20 heavy (non-hydrogen) atoms. The number of anilines is 1. The quantitative estimate of drug-likeness (QED) is 0.676. The Kier molecular flexibility index (Phi) is 4.03. The molecule has 1 aromatic rings. The molecule has 0 saturated carbocycles. The van der Waals surface area contributed by atoms with Crippen LogP contribution in [-0.2, 0) is 10.0 Å². The molecule has 7 nitrogen and oxygen atoms in total. The average molecular weight is 319 g/mol. The second-order valence-electron chi connectivity index (χ2n) is 5.06. The topological polar surface area (TPSA) is 92.6 Å². The van der Waals surface area contributed by atoms with E-state index in [-0.39, 0.29) is 14.9 Å². The third-order valence-electron chi connectivity index (χ3n) is 3.66. The highest BCUT2D eigenvalue weighted by molar-refractivity contribution is 7.91. The highest BCUT2D eigenvalue weighted by Gasteiger charge is 2.37. The fraction of sp³-hybridized carbons (Fsp3) is 0.636. The Balaban J connectivity index is 2.38. The van der Waals surface area contributed by atoms with E-state index >= 15 is 0 Å². The first-order valence-electron chi connectivity index (χ1n) is 6.23. The molecule has 0 radical (unpaired) electrons. The van der Waals surface area contributed by atoms with Crippen LogP contribution in [0.4, 0.5) is 10.7 Å². The van der Waals surface area contributed by atoms with E-state index in [9.17, 15) is 18.5 Å². The Labute approximate surface area is 121 Å². The van der Waals surface area contributed by atoms with Crippen LogP contribution in [0.2, 0.25) is 0 Å². The lowest BCUT2D eigenvalue weighted by atomic mass is 10.0. The average Bonchev–Trinajstić information content (AvgIpc) is 2.94.